The fourth-order valence-electron chi connectivity index (χ4n) is 1.52. The van der Waals surface area contributed by atoms with Crippen LogP contribution in [0.4, 0.5) is 0 Å². The second-order valence-electron chi connectivity index (χ2n) is 4.33. The van der Waals surface area contributed by atoms with Crippen molar-refractivity contribution in [3.05, 3.63) is 36.6 Å². The van der Waals surface area contributed by atoms with Crippen LogP contribution in [0, 0.1) is 5.92 Å². The first-order chi connectivity index (χ1) is 7.86. The number of aliphatic carboxylic acids is 1. The summed E-state index contributed by atoms with van der Waals surface area (Å²) in [5.41, 5.74) is 0.585. The molecule has 0 saturated heterocycles. The van der Waals surface area contributed by atoms with Crippen molar-refractivity contribution in [2.45, 2.75) is 13.8 Å². The van der Waals surface area contributed by atoms with Crippen LogP contribution in [0.3, 0.4) is 0 Å². The monoisotopic (exact) mass is 239 g/mol. The van der Waals surface area contributed by atoms with E-state index in [1.165, 1.54) is 0 Å². The highest BCUT2D eigenvalue weighted by Crippen LogP contribution is 2.09. The lowest BCUT2D eigenvalue weighted by Crippen LogP contribution is -2.34. The molecule has 96 valence electrons. The maximum Gasteiger partial charge on any atom is 0.317 e. The van der Waals surface area contributed by atoms with Gasteiger partial charge in [-0.05, 0) is 5.92 Å². The number of hydrogen-bond donors (Lipinski definition) is 2. The summed E-state index contributed by atoms with van der Waals surface area (Å²) in [6, 6.07) is 0. The molecule has 0 spiro atoms. The standard InChI is InChI=1S/C13H21NO3/c1-5-6-12(11(4)15)8-14(7-10(2)3)9-13(16)17/h5-6,10,15H,1,4,7-9H2,2-3H3,(H,16,17)/b12-6-. The third-order valence-corrected chi connectivity index (χ3v) is 2.07. The van der Waals surface area contributed by atoms with E-state index in [0.29, 0.717) is 24.6 Å². The number of carboxylic acid groups (broad SMARTS) is 1. The first-order valence-corrected chi connectivity index (χ1v) is 5.50. The van der Waals surface area contributed by atoms with Crippen molar-refractivity contribution in [3.63, 3.8) is 0 Å². The number of allylic oxidation sites excluding steroid dienone is 2. The number of aliphatic hydroxyl groups is 1. The highest BCUT2D eigenvalue weighted by atomic mass is 16.4. The quantitative estimate of drug-likeness (QED) is 0.503. The summed E-state index contributed by atoms with van der Waals surface area (Å²) in [6.07, 6.45) is 3.18. The van der Waals surface area contributed by atoms with Gasteiger partial charge in [0.2, 0.25) is 0 Å². The van der Waals surface area contributed by atoms with Crippen molar-refractivity contribution >= 4 is 5.97 Å². The van der Waals surface area contributed by atoms with Crippen molar-refractivity contribution in [2.24, 2.45) is 5.92 Å². The van der Waals surface area contributed by atoms with Gasteiger partial charge >= 0.3 is 5.97 Å². The molecule has 4 nitrogen and oxygen atoms in total. The highest BCUT2D eigenvalue weighted by Gasteiger charge is 2.14. The van der Waals surface area contributed by atoms with E-state index in [2.05, 4.69) is 13.2 Å². The average molecular weight is 239 g/mol. The summed E-state index contributed by atoms with van der Waals surface area (Å²) in [4.78, 5) is 12.5. The van der Waals surface area contributed by atoms with Crippen LogP contribution in [-0.4, -0.2) is 40.7 Å². The van der Waals surface area contributed by atoms with Crippen LogP contribution in [-0.2, 0) is 4.79 Å². The number of aliphatic hydroxyl groups excluding tert-OH is 1. The molecule has 0 aliphatic heterocycles. The second kappa shape index (κ2) is 7.68. The van der Waals surface area contributed by atoms with E-state index in [4.69, 9.17) is 5.11 Å². The van der Waals surface area contributed by atoms with Crippen molar-refractivity contribution < 1.29 is 15.0 Å². The number of nitrogens with zero attached hydrogens (tertiary/aromatic N) is 1. The minimum atomic E-state index is -0.882. The van der Waals surface area contributed by atoms with Gasteiger partial charge in [-0.3, -0.25) is 9.69 Å². The largest absolute Gasteiger partial charge is 0.508 e. The lowest BCUT2D eigenvalue weighted by atomic mass is 10.1. The van der Waals surface area contributed by atoms with Crippen LogP contribution in [0.1, 0.15) is 13.8 Å². The van der Waals surface area contributed by atoms with Crippen LogP contribution < -0.4 is 0 Å². The molecule has 0 radical (unpaired) electrons. The fourth-order valence-corrected chi connectivity index (χ4v) is 1.52. The summed E-state index contributed by atoms with van der Waals surface area (Å²) in [7, 11) is 0. The van der Waals surface area contributed by atoms with Crippen LogP contribution in [0.2, 0.25) is 0 Å². The smallest absolute Gasteiger partial charge is 0.317 e. The molecule has 0 amide bonds. The maximum absolute atomic E-state index is 10.7. The molecule has 0 saturated carbocycles. The Balaban J connectivity index is 4.69. The van der Waals surface area contributed by atoms with Gasteiger partial charge in [-0.2, -0.15) is 0 Å². The fraction of sp³-hybridized carbons (Fsp3) is 0.462. The minimum Gasteiger partial charge on any atom is -0.508 e. The molecule has 0 aliphatic rings. The number of hydrogen-bond acceptors (Lipinski definition) is 3. The first kappa shape index (κ1) is 15.4. The Morgan fingerprint density at radius 3 is 2.29 bits per heavy atom. The zero-order valence-electron chi connectivity index (χ0n) is 10.5. The molecule has 0 atom stereocenters. The normalized spacial score (nSPS) is 11.9. The van der Waals surface area contributed by atoms with E-state index in [1.54, 1.807) is 17.1 Å². The molecule has 0 rings (SSSR count). The molecule has 0 unspecified atom stereocenters. The number of carboxylic acids is 1. The Bertz CT molecular complexity index is 319. The Kier molecular flexibility index (Phi) is 6.98. The first-order valence-electron chi connectivity index (χ1n) is 5.50. The van der Waals surface area contributed by atoms with Gasteiger partial charge in [0.25, 0.3) is 0 Å². The molecule has 0 fully saturated rings. The van der Waals surface area contributed by atoms with E-state index in [9.17, 15) is 9.90 Å². The molecule has 0 bridgehead atoms. The van der Waals surface area contributed by atoms with Gasteiger partial charge in [0.15, 0.2) is 0 Å². The highest BCUT2D eigenvalue weighted by molar-refractivity contribution is 5.69. The van der Waals surface area contributed by atoms with Crippen molar-refractivity contribution in [1.29, 1.82) is 0 Å². The van der Waals surface area contributed by atoms with Crippen molar-refractivity contribution in [2.75, 3.05) is 19.6 Å². The Morgan fingerprint density at radius 1 is 1.35 bits per heavy atom. The van der Waals surface area contributed by atoms with Gasteiger partial charge in [-0.25, -0.2) is 0 Å². The molecule has 0 aromatic rings. The van der Waals surface area contributed by atoms with Crippen LogP contribution in [0.25, 0.3) is 0 Å². The molecule has 17 heavy (non-hydrogen) atoms. The predicted molar refractivity (Wildman–Crippen MR) is 69.0 cm³/mol. The molecular formula is C13H21NO3. The molecule has 0 heterocycles. The van der Waals surface area contributed by atoms with Gasteiger partial charge in [-0.1, -0.05) is 39.2 Å². The third kappa shape index (κ3) is 7.36. The molecule has 0 aromatic carbocycles. The van der Waals surface area contributed by atoms with Crippen LogP contribution in [0.5, 0.6) is 0 Å². The summed E-state index contributed by atoms with van der Waals surface area (Å²) in [6.45, 7) is 12.0. The second-order valence-corrected chi connectivity index (χ2v) is 4.33. The molecule has 0 aliphatic carbocycles. The molecule has 0 aromatic heterocycles. The maximum atomic E-state index is 10.7. The number of rotatable bonds is 8. The zero-order valence-corrected chi connectivity index (χ0v) is 10.5. The molecule has 2 N–H and O–H groups in total. The van der Waals surface area contributed by atoms with E-state index < -0.39 is 5.97 Å². The summed E-state index contributed by atoms with van der Waals surface area (Å²) in [5.74, 6) is -0.581. The SMILES string of the molecule is C=C/C=C(/CN(CC(=O)O)CC(C)C)C(=C)O. The number of carbonyl (C=O) groups is 1. The Morgan fingerprint density at radius 2 is 1.94 bits per heavy atom. The van der Waals surface area contributed by atoms with E-state index in [0.717, 1.165) is 0 Å². The van der Waals surface area contributed by atoms with Gasteiger partial charge in [0.1, 0.15) is 5.76 Å². The van der Waals surface area contributed by atoms with Gasteiger partial charge in [0.05, 0.1) is 6.54 Å². The Hall–Kier alpha value is -1.55. The lowest BCUT2D eigenvalue weighted by Gasteiger charge is -2.23. The minimum absolute atomic E-state index is 0.0518. The van der Waals surface area contributed by atoms with Crippen LogP contribution >= 0.6 is 0 Å². The van der Waals surface area contributed by atoms with Crippen molar-refractivity contribution in [3.8, 4) is 0 Å². The summed E-state index contributed by atoms with van der Waals surface area (Å²) >= 11 is 0. The molecule has 4 heteroatoms. The van der Waals surface area contributed by atoms with Gasteiger partial charge in [-0.15, -0.1) is 0 Å². The van der Waals surface area contributed by atoms with Crippen molar-refractivity contribution in [1.82, 2.24) is 4.90 Å². The third-order valence-electron chi connectivity index (χ3n) is 2.07. The average Bonchev–Trinajstić information content (AvgIpc) is 2.14. The van der Waals surface area contributed by atoms with E-state index >= 15 is 0 Å². The predicted octanol–water partition coefficient (Wildman–Crippen LogP) is 2.21. The topological polar surface area (TPSA) is 60.8 Å². The lowest BCUT2D eigenvalue weighted by molar-refractivity contribution is -0.138. The summed E-state index contributed by atoms with van der Waals surface area (Å²) < 4.78 is 0. The van der Waals surface area contributed by atoms with E-state index in [1.807, 2.05) is 13.8 Å². The van der Waals surface area contributed by atoms with Gasteiger partial charge < -0.3 is 10.2 Å². The summed E-state index contributed by atoms with van der Waals surface area (Å²) in [5, 5.41) is 18.2. The zero-order chi connectivity index (χ0) is 13.4. The molecular weight excluding hydrogens is 218 g/mol. The van der Waals surface area contributed by atoms with Gasteiger partial charge in [0, 0.05) is 18.7 Å². The Labute approximate surface area is 103 Å². The van der Waals surface area contributed by atoms with Crippen LogP contribution in [0.15, 0.2) is 36.6 Å². The van der Waals surface area contributed by atoms with E-state index in [-0.39, 0.29) is 12.3 Å².